The van der Waals surface area contributed by atoms with Gasteiger partial charge in [0.05, 0.1) is 18.7 Å². The van der Waals surface area contributed by atoms with Crippen molar-refractivity contribution in [2.24, 2.45) is 0 Å². The summed E-state index contributed by atoms with van der Waals surface area (Å²) in [7, 11) is 1.56. The van der Waals surface area contributed by atoms with Crippen LogP contribution in [0.3, 0.4) is 0 Å². The Bertz CT molecular complexity index is 1250. The summed E-state index contributed by atoms with van der Waals surface area (Å²) < 4.78 is 6.21. The van der Waals surface area contributed by atoms with Gasteiger partial charge in [0.2, 0.25) is 0 Å². The lowest BCUT2D eigenvalue weighted by Gasteiger charge is -2.27. The van der Waals surface area contributed by atoms with Gasteiger partial charge in [-0.25, -0.2) is 0 Å². The minimum Gasteiger partial charge on any atom is -0.507 e. The van der Waals surface area contributed by atoms with Gasteiger partial charge in [0.15, 0.2) is 0 Å². The lowest BCUT2D eigenvalue weighted by atomic mass is 9.94. The Labute approximate surface area is 195 Å². The maximum Gasteiger partial charge on any atom is 0.300 e. The van der Waals surface area contributed by atoms with Crippen LogP contribution in [0.1, 0.15) is 28.3 Å². The first-order chi connectivity index (χ1) is 15.3. The normalized spacial score (nSPS) is 17.6. The standard InChI is InChI=1S/C26H22BrNO4/c1-15-7-12-21(16(2)13-15)28-23(18-5-4-6-20(14-18)32-3)22(25(30)26(28)31)24(29)17-8-10-19(27)11-9-17/h4-14,23,29H,1-3H3/b24-22+. The minimum absolute atomic E-state index is 0.0468. The molecule has 1 aliphatic rings. The van der Waals surface area contributed by atoms with Crippen LogP contribution in [0.4, 0.5) is 5.69 Å². The zero-order valence-corrected chi connectivity index (χ0v) is 19.5. The zero-order chi connectivity index (χ0) is 23.0. The molecule has 1 aliphatic heterocycles. The number of ketones is 1. The molecule has 0 aliphatic carbocycles. The third-order valence-electron chi connectivity index (χ3n) is 5.58. The fraction of sp³-hybridized carbons (Fsp3) is 0.154. The zero-order valence-electron chi connectivity index (χ0n) is 17.9. The van der Waals surface area contributed by atoms with E-state index in [1.54, 1.807) is 49.6 Å². The molecule has 1 N–H and O–H groups in total. The number of aryl methyl sites for hydroxylation is 2. The molecule has 1 saturated heterocycles. The van der Waals surface area contributed by atoms with E-state index in [0.717, 1.165) is 15.6 Å². The predicted octanol–water partition coefficient (Wildman–Crippen LogP) is 5.70. The Morgan fingerprint density at radius 2 is 1.72 bits per heavy atom. The highest BCUT2D eigenvalue weighted by Crippen LogP contribution is 2.43. The second-order valence-electron chi connectivity index (χ2n) is 7.74. The molecule has 0 aromatic heterocycles. The van der Waals surface area contributed by atoms with Gasteiger partial charge < -0.3 is 9.84 Å². The number of carbonyl (C=O) groups is 2. The number of anilines is 1. The Balaban J connectivity index is 1.97. The number of rotatable bonds is 4. The van der Waals surface area contributed by atoms with Gasteiger partial charge in [-0.15, -0.1) is 0 Å². The van der Waals surface area contributed by atoms with Crippen molar-refractivity contribution < 1.29 is 19.4 Å². The van der Waals surface area contributed by atoms with Gasteiger partial charge in [-0.1, -0.05) is 57.9 Å². The summed E-state index contributed by atoms with van der Waals surface area (Å²) in [6.07, 6.45) is 0. The van der Waals surface area contributed by atoms with Crippen molar-refractivity contribution in [2.75, 3.05) is 12.0 Å². The van der Waals surface area contributed by atoms with Crippen LogP contribution in [0.5, 0.6) is 5.75 Å². The van der Waals surface area contributed by atoms with Crippen LogP contribution in [0.15, 0.2) is 76.8 Å². The molecule has 1 atom stereocenters. The lowest BCUT2D eigenvalue weighted by molar-refractivity contribution is -0.132. The van der Waals surface area contributed by atoms with Gasteiger partial charge in [-0.2, -0.15) is 0 Å². The number of benzene rings is 3. The smallest absolute Gasteiger partial charge is 0.300 e. The van der Waals surface area contributed by atoms with Crippen LogP contribution in [-0.4, -0.2) is 23.9 Å². The number of aliphatic hydroxyl groups is 1. The number of ether oxygens (including phenoxy) is 1. The van der Waals surface area contributed by atoms with E-state index < -0.39 is 17.7 Å². The second-order valence-corrected chi connectivity index (χ2v) is 8.66. The molecular formula is C26H22BrNO4. The first kappa shape index (κ1) is 21.8. The molecule has 4 rings (SSSR count). The van der Waals surface area contributed by atoms with Crippen LogP contribution in [0.25, 0.3) is 5.76 Å². The molecule has 0 radical (unpaired) electrons. The van der Waals surface area contributed by atoms with Gasteiger partial charge >= 0.3 is 0 Å². The fourth-order valence-electron chi connectivity index (χ4n) is 4.05. The molecule has 0 saturated carbocycles. The van der Waals surface area contributed by atoms with Gasteiger partial charge in [0.1, 0.15) is 11.5 Å². The SMILES string of the molecule is COc1cccc(C2/C(=C(\O)c3ccc(Br)cc3)C(=O)C(=O)N2c2ccc(C)cc2C)c1. The third kappa shape index (κ3) is 3.82. The van der Waals surface area contributed by atoms with E-state index in [9.17, 15) is 14.7 Å². The molecular weight excluding hydrogens is 470 g/mol. The predicted molar refractivity (Wildman–Crippen MR) is 128 cm³/mol. The highest BCUT2D eigenvalue weighted by molar-refractivity contribution is 9.10. The van der Waals surface area contributed by atoms with Crippen molar-refractivity contribution in [3.63, 3.8) is 0 Å². The molecule has 3 aromatic rings. The summed E-state index contributed by atoms with van der Waals surface area (Å²) in [4.78, 5) is 28.0. The number of hydrogen-bond acceptors (Lipinski definition) is 4. The van der Waals surface area contributed by atoms with Gasteiger partial charge in [-0.3, -0.25) is 14.5 Å². The Morgan fingerprint density at radius 3 is 2.38 bits per heavy atom. The molecule has 0 spiro atoms. The first-order valence-electron chi connectivity index (χ1n) is 10.1. The van der Waals surface area contributed by atoms with E-state index in [1.165, 1.54) is 4.90 Å². The minimum atomic E-state index is -0.796. The van der Waals surface area contributed by atoms with E-state index >= 15 is 0 Å². The molecule has 0 bridgehead atoms. The Morgan fingerprint density at radius 1 is 1.00 bits per heavy atom. The van der Waals surface area contributed by atoms with Crippen LogP contribution in [0, 0.1) is 13.8 Å². The highest BCUT2D eigenvalue weighted by Gasteiger charge is 2.47. The van der Waals surface area contributed by atoms with Crippen LogP contribution < -0.4 is 9.64 Å². The van der Waals surface area contributed by atoms with Crippen LogP contribution in [-0.2, 0) is 9.59 Å². The van der Waals surface area contributed by atoms with Gasteiger partial charge in [-0.05, 0) is 55.3 Å². The molecule has 32 heavy (non-hydrogen) atoms. The molecule has 3 aromatic carbocycles. The molecule has 5 nitrogen and oxygen atoms in total. The maximum absolute atomic E-state index is 13.3. The Hall–Kier alpha value is -3.38. The maximum atomic E-state index is 13.3. The molecule has 1 unspecified atom stereocenters. The van der Waals surface area contributed by atoms with E-state index in [2.05, 4.69) is 15.9 Å². The third-order valence-corrected chi connectivity index (χ3v) is 6.11. The number of hydrogen-bond donors (Lipinski definition) is 1. The monoisotopic (exact) mass is 491 g/mol. The molecule has 162 valence electrons. The quantitative estimate of drug-likeness (QED) is 0.288. The largest absolute Gasteiger partial charge is 0.507 e. The van der Waals surface area contributed by atoms with E-state index in [1.807, 2.05) is 38.1 Å². The van der Waals surface area contributed by atoms with Crippen LogP contribution in [0.2, 0.25) is 0 Å². The van der Waals surface area contributed by atoms with E-state index in [-0.39, 0.29) is 11.3 Å². The molecule has 1 heterocycles. The number of nitrogens with zero attached hydrogens (tertiary/aromatic N) is 1. The van der Waals surface area contributed by atoms with Gasteiger partial charge in [0, 0.05) is 15.7 Å². The van der Waals surface area contributed by atoms with Crippen LogP contribution >= 0.6 is 15.9 Å². The van der Waals surface area contributed by atoms with Crippen molar-refractivity contribution in [3.8, 4) is 5.75 Å². The second kappa shape index (κ2) is 8.63. The summed E-state index contributed by atoms with van der Waals surface area (Å²) in [5.74, 6) is -1.02. The number of halogens is 1. The van der Waals surface area contributed by atoms with Crippen molar-refractivity contribution in [3.05, 3.63) is 99.0 Å². The number of amides is 1. The first-order valence-corrected chi connectivity index (χ1v) is 10.9. The van der Waals surface area contributed by atoms with Crippen molar-refractivity contribution in [2.45, 2.75) is 19.9 Å². The van der Waals surface area contributed by atoms with Crippen molar-refractivity contribution >= 4 is 39.1 Å². The van der Waals surface area contributed by atoms with Crippen molar-refractivity contribution in [1.29, 1.82) is 0 Å². The summed E-state index contributed by atoms with van der Waals surface area (Å²) in [5, 5.41) is 11.2. The lowest BCUT2D eigenvalue weighted by Crippen LogP contribution is -2.30. The fourth-order valence-corrected chi connectivity index (χ4v) is 4.31. The van der Waals surface area contributed by atoms with Gasteiger partial charge in [0.25, 0.3) is 11.7 Å². The van der Waals surface area contributed by atoms with E-state index in [4.69, 9.17) is 4.74 Å². The topological polar surface area (TPSA) is 66.8 Å². The van der Waals surface area contributed by atoms with Crippen molar-refractivity contribution in [1.82, 2.24) is 0 Å². The van der Waals surface area contributed by atoms with E-state index in [0.29, 0.717) is 22.6 Å². The summed E-state index contributed by atoms with van der Waals surface area (Å²) in [5.41, 5.74) is 3.71. The summed E-state index contributed by atoms with van der Waals surface area (Å²) >= 11 is 3.38. The number of carbonyl (C=O) groups excluding carboxylic acids is 2. The molecule has 1 fully saturated rings. The number of Topliss-reactive ketones (excluding diaryl/α,β-unsaturated/α-hetero) is 1. The summed E-state index contributed by atoms with van der Waals surface area (Å²) in [6.45, 7) is 3.87. The highest BCUT2D eigenvalue weighted by atomic mass is 79.9. The molecule has 6 heteroatoms. The number of methoxy groups -OCH3 is 1. The summed E-state index contributed by atoms with van der Waals surface area (Å²) in [6, 6.07) is 19.1. The average Bonchev–Trinajstić information content (AvgIpc) is 3.04. The molecule has 1 amide bonds. The Kier molecular flexibility index (Phi) is 5.89. The number of aliphatic hydroxyl groups excluding tert-OH is 1. The average molecular weight is 492 g/mol.